The fourth-order valence-electron chi connectivity index (χ4n) is 2.84. The van der Waals surface area contributed by atoms with E-state index in [1.54, 1.807) is 11.5 Å². The molecule has 1 aromatic heterocycles. The highest BCUT2D eigenvalue weighted by molar-refractivity contribution is 5.70. The van der Waals surface area contributed by atoms with Crippen molar-refractivity contribution in [3.8, 4) is 0 Å². The number of aliphatic carboxylic acids is 1. The van der Waals surface area contributed by atoms with Crippen molar-refractivity contribution in [2.45, 2.75) is 52.5 Å². The van der Waals surface area contributed by atoms with Crippen LogP contribution in [0.2, 0.25) is 0 Å². The van der Waals surface area contributed by atoms with Gasteiger partial charge in [-0.15, -0.1) is 0 Å². The molecule has 1 heterocycles. The van der Waals surface area contributed by atoms with Crippen LogP contribution in [0.1, 0.15) is 49.2 Å². The van der Waals surface area contributed by atoms with E-state index in [4.69, 9.17) is 5.11 Å². The van der Waals surface area contributed by atoms with Gasteiger partial charge in [-0.25, -0.2) is 4.79 Å². The number of hydrogen-bond acceptors (Lipinski definition) is 3. The summed E-state index contributed by atoms with van der Waals surface area (Å²) < 4.78 is 1.68. The van der Waals surface area contributed by atoms with Gasteiger partial charge in [0.05, 0.1) is 6.42 Å². The minimum atomic E-state index is -0.894. The zero-order valence-electron chi connectivity index (χ0n) is 11.6. The average molecular weight is 264 g/mol. The van der Waals surface area contributed by atoms with E-state index >= 15 is 0 Å². The number of hydrogen-bond donors (Lipinski definition) is 1. The van der Waals surface area contributed by atoms with Crippen molar-refractivity contribution in [3.05, 3.63) is 27.4 Å². The Balaban J connectivity index is 2.47. The van der Waals surface area contributed by atoms with Crippen LogP contribution in [-0.4, -0.2) is 20.6 Å². The molecule has 1 unspecified atom stereocenters. The van der Waals surface area contributed by atoms with Gasteiger partial charge in [0.25, 0.3) is 0 Å². The van der Waals surface area contributed by atoms with E-state index in [2.05, 4.69) is 4.98 Å². The number of carboxylic acids is 1. The van der Waals surface area contributed by atoms with E-state index in [1.165, 1.54) is 6.42 Å². The molecule has 0 aliphatic heterocycles. The minimum Gasteiger partial charge on any atom is -0.481 e. The van der Waals surface area contributed by atoms with Gasteiger partial charge in [0.2, 0.25) is 0 Å². The first-order valence-corrected chi connectivity index (χ1v) is 6.72. The smallest absolute Gasteiger partial charge is 0.348 e. The van der Waals surface area contributed by atoms with Crippen molar-refractivity contribution >= 4 is 5.97 Å². The third-order valence-electron chi connectivity index (χ3n) is 4.27. The van der Waals surface area contributed by atoms with Crippen LogP contribution in [-0.2, 0) is 11.2 Å². The van der Waals surface area contributed by atoms with Crippen molar-refractivity contribution in [1.29, 1.82) is 0 Å². The number of aryl methyl sites for hydroxylation is 1. The summed E-state index contributed by atoms with van der Waals surface area (Å²) in [5, 5.41) is 8.97. The molecule has 1 aliphatic rings. The third-order valence-corrected chi connectivity index (χ3v) is 4.27. The SMILES string of the molecule is Cc1nc(=O)n(C(C)C2CCC2)c(C)c1CC(=O)O. The number of rotatable bonds is 4. The van der Waals surface area contributed by atoms with E-state index in [0.717, 1.165) is 18.5 Å². The molecule has 0 radical (unpaired) electrons. The zero-order valence-corrected chi connectivity index (χ0v) is 11.6. The highest BCUT2D eigenvalue weighted by atomic mass is 16.4. The molecule has 1 atom stereocenters. The lowest BCUT2D eigenvalue weighted by atomic mass is 9.80. The molecule has 0 bridgehead atoms. The predicted molar refractivity (Wildman–Crippen MR) is 71.4 cm³/mol. The monoisotopic (exact) mass is 264 g/mol. The van der Waals surface area contributed by atoms with Gasteiger partial charge in [0.15, 0.2) is 0 Å². The zero-order chi connectivity index (χ0) is 14.2. The molecule has 19 heavy (non-hydrogen) atoms. The molecule has 1 saturated carbocycles. The van der Waals surface area contributed by atoms with Gasteiger partial charge in [-0.05, 0) is 39.5 Å². The van der Waals surface area contributed by atoms with Crippen LogP contribution in [0.25, 0.3) is 0 Å². The van der Waals surface area contributed by atoms with E-state index in [1.807, 2.05) is 13.8 Å². The van der Waals surface area contributed by atoms with Crippen molar-refractivity contribution in [3.63, 3.8) is 0 Å². The Bertz CT molecular complexity index is 559. The molecule has 1 N–H and O–H groups in total. The van der Waals surface area contributed by atoms with Gasteiger partial charge >= 0.3 is 11.7 Å². The largest absolute Gasteiger partial charge is 0.481 e. The number of carbonyl (C=O) groups is 1. The molecule has 2 rings (SSSR count). The van der Waals surface area contributed by atoms with Crippen LogP contribution in [0.4, 0.5) is 0 Å². The van der Waals surface area contributed by atoms with Crippen LogP contribution in [0, 0.1) is 19.8 Å². The molecule has 1 fully saturated rings. The molecule has 0 spiro atoms. The van der Waals surface area contributed by atoms with Crippen molar-refractivity contribution < 1.29 is 9.90 Å². The van der Waals surface area contributed by atoms with Crippen molar-refractivity contribution in [2.75, 3.05) is 0 Å². The summed E-state index contributed by atoms with van der Waals surface area (Å²) in [6.45, 7) is 5.55. The molecule has 5 heteroatoms. The Labute approximate surface area is 112 Å². The van der Waals surface area contributed by atoms with Gasteiger partial charge in [0.1, 0.15) is 0 Å². The summed E-state index contributed by atoms with van der Waals surface area (Å²) in [6.07, 6.45) is 3.40. The van der Waals surface area contributed by atoms with Crippen LogP contribution in [0.5, 0.6) is 0 Å². The Morgan fingerprint density at radius 1 is 1.47 bits per heavy atom. The summed E-state index contributed by atoms with van der Waals surface area (Å²) in [4.78, 5) is 27.0. The van der Waals surface area contributed by atoms with Gasteiger partial charge in [-0.3, -0.25) is 9.36 Å². The van der Waals surface area contributed by atoms with Gasteiger partial charge in [-0.1, -0.05) is 6.42 Å². The average Bonchev–Trinajstić information content (AvgIpc) is 2.21. The van der Waals surface area contributed by atoms with E-state index in [0.29, 0.717) is 17.2 Å². The third kappa shape index (κ3) is 2.55. The first-order chi connectivity index (χ1) is 8.91. The van der Waals surface area contributed by atoms with Gasteiger partial charge in [0, 0.05) is 23.0 Å². The Hall–Kier alpha value is -1.65. The molecule has 1 aliphatic carbocycles. The number of nitrogens with zero attached hydrogens (tertiary/aromatic N) is 2. The summed E-state index contributed by atoms with van der Waals surface area (Å²) in [6, 6.07) is 0.0990. The fourth-order valence-corrected chi connectivity index (χ4v) is 2.84. The highest BCUT2D eigenvalue weighted by Crippen LogP contribution is 2.36. The van der Waals surface area contributed by atoms with E-state index in [9.17, 15) is 9.59 Å². The van der Waals surface area contributed by atoms with E-state index in [-0.39, 0.29) is 18.2 Å². The lowest BCUT2D eigenvalue weighted by molar-refractivity contribution is -0.136. The maximum Gasteiger partial charge on any atom is 0.348 e. The standard InChI is InChI=1S/C14H20N2O3/c1-8-12(7-13(17)18)10(3)16(14(19)15-8)9(2)11-5-4-6-11/h9,11H,4-7H2,1-3H3,(H,17,18). The first kappa shape index (κ1) is 13.8. The predicted octanol–water partition coefficient (Wildman–Crippen LogP) is 1.85. The van der Waals surface area contributed by atoms with E-state index < -0.39 is 5.97 Å². The molecule has 104 valence electrons. The molecular formula is C14H20N2O3. The van der Waals surface area contributed by atoms with Crippen LogP contribution in [0.3, 0.4) is 0 Å². The van der Waals surface area contributed by atoms with Crippen LogP contribution >= 0.6 is 0 Å². The summed E-state index contributed by atoms with van der Waals surface area (Å²) in [5.41, 5.74) is 1.68. The Morgan fingerprint density at radius 3 is 2.58 bits per heavy atom. The van der Waals surface area contributed by atoms with Crippen molar-refractivity contribution in [1.82, 2.24) is 9.55 Å². The van der Waals surface area contributed by atoms with Crippen LogP contribution < -0.4 is 5.69 Å². The quantitative estimate of drug-likeness (QED) is 0.900. The maximum atomic E-state index is 12.1. The van der Waals surface area contributed by atoms with Crippen molar-refractivity contribution in [2.24, 2.45) is 5.92 Å². The number of carboxylic acid groups (broad SMARTS) is 1. The lowest BCUT2D eigenvalue weighted by Gasteiger charge is -2.33. The van der Waals surface area contributed by atoms with Gasteiger partial charge in [-0.2, -0.15) is 4.98 Å². The van der Waals surface area contributed by atoms with Gasteiger partial charge < -0.3 is 5.11 Å². The maximum absolute atomic E-state index is 12.1. The second-order valence-electron chi connectivity index (χ2n) is 5.42. The molecule has 0 saturated heterocycles. The molecular weight excluding hydrogens is 244 g/mol. The van der Waals surface area contributed by atoms with Crippen LogP contribution in [0.15, 0.2) is 4.79 Å². The summed E-state index contributed by atoms with van der Waals surface area (Å²) >= 11 is 0. The molecule has 0 amide bonds. The Kier molecular flexibility index (Phi) is 3.73. The molecule has 1 aromatic rings. The second kappa shape index (κ2) is 5.15. The second-order valence-corrected chi connectivity index (χ2v) is 5.42. The Morgan fingerprint density at radius 2 is 2.11 bits per heavy atom. The molecule has 0 aromatic carbocycles. The summed E-state index contributed by atoms with van der Waals surface area (Å²) in [5.74, 6) is -0.381. The molecule has 5 nitrogen and oxygen atoms in total. The highest BCUT2D eigenvalue weighted by Gasteiger charge is 2.28. The first-order valence-electron chi connectivity index (χ1n) is 6.72. The minimum absolute atomic E-state index is 0.0810. The normalized spacial score (nSPS) is 17.0. The summed E-state index contributed by atoms with van der Waals surface area (Å²) in [7, 11) is 0. The lowest BCUT2D eigenvalue weighted by Crippen LogP contribution is -2.35. The number of aromatic nitrogens is 2. The topological polar surface area (TPSA) is 72.2 Å². The fraction of sp³-hybridized carbons (Fsp3) is 0.643.